The second kappa shape index (κ2) is 8.48. The lowest BCUT2D eigenvalue weighted by Gasteiger charge is -2.12. The molecule has 0 aliphatic carbocycles. The van der Waals surface area contributed by atoms with E-state index < -0.39 is 0 Å². The van der Waals surface area contributed by atoms with Gasteiger partial charge in [0.15, 0.2) is 0 Å². The maximum absolute atomic E-state index is 12.9. The molecule has 0 atom stereocenters. The van der Waals surface area contributed by atoms with Crippen molar-refractivity contribution in [3.63, 3.8) is 0 Å². The molecule has 2 aromatic carbocycles. The van der Waals surface area contributed by atoms with Crippen LogP contribution in [0.1, 0.15) is 29.9 Å². The molecule has 0 aliphatic heterocycles. The highest BCUT2D eigenvalue weighted by Crippen LogP contribution is 2.40. The van der Waals surface area contributed by atoms with Gasteiger partial charge in [0.1, 0.15) is 0 Å². The van der Waals surface area contributed by atoms with Crippen molar-refractivity contribution in [2.24, 2.45) is 0 Å². The Kier molecular flexibility index (Phi) is 6.27. The highest BCUT2D eigenvalue weighted by Gasteiger charge is 2.27. The summed E-state index contributed by atoms with van der Waals surface area (Å²) < 4.78 is 8.68. The minimum absolute atomic E-state index is 0.286. The molecule has 0 radical (unpaired) electrons. The number of rotatable bonds is 5. The van der Waals surface area contributed by atoms with Crippen molar-refractivity contribution in [3.05, 3.63) is 68.4 Å². The summed E-state index contributed by atoms with van der Waals surface area (Å²) in [6.07, 6.45) is 0. The van der Waals surface area contributed by atoms with Crippen LogP contribution in [0.25, 0.3) is 22.4 Å². The van der Waals surface area contributed by atoms with E-state index in [4.69, 9.17) is 16.3 Å². The van der Waals surface area contributed by atoms with Gasteiger partial charge in [-0.15, -0.1) is 0 Å². The number of hydrogen-bond donors (Lipinski definition) is 0. The Morgan fingerprint density at radius 3 is 2.41 bits per heavy atom. The molecule has 140 valence electrons. The highest BCUT2D eigenvalue weighted by atomic mass is 127. The predicted molar refractivity (Wildman–Crippen MR) is 119 cm³/mol. The summed E-state index contributed by atoms with van der Waals surface area (Å²) in [7, 11) is 0. The molecule has 3 aromatic rings. The summed E-state index contributed by atoms with van der Waals surface area (Å²) in [5, 5.41) is 0.687. The topological polar surface area (TPSA) is 31.2 Å². The third-order valence-electron chi connectivity index (χ3n) is 4.55. The van der Waals surface area contributed by atoms with E-state index in [0.29, 0.717) is 17.2 Å². The first-order valence-electron chi connectivity index (χ1n) is 8.90. The summed E-state index contributed by atoms with van der Waals surface area (Å²) in [4.78, 5) is 12.9. The smallest absolute Gasteiger partial charge is 0.340 e. The van der Waals surface area contributed by atoms with Crippen LogP contribution in [0.15, 0.2) is 48.5 Å². The first-order valence-corrected chi connectivity index (χ1v) is 10.4. The summed E-state index contributed by atoms with van der Waals surface area (Å²) in [5.74, 6) is -0.286. The Bertz CT molecular complexity index is 977. The average Bonchev–Trinajstić information content (AvgIpc) is 2.95. The van der Waals surface area contributed by atoms with Crippen molar-refractivity contribution in [1.82, 2.24) is 4.57 Å². The SMILES string of the molecule is CCOC(=O)c1c(-c2cccc(I)c2)c(-c2ccc(Cl)cc2)n(CC)c1C. The van der Waals surface area contributed by atoms with Gasteiger partial charge in [0, 0.05) is 26.4 Å². The molecule has 3 nitrogen and oxygen atoms in total. The second-order valence-electron chi connectivity index (χ2n) is 6.17. The third-order valence-corrected chi connectivity index (χ3v) is 5.47. The molecule has 0 fully saturated rings. The minimum Gasteiger partial charge on any atom is -0.462 e. The van der Waals surface area contributed by atoms with E-state index in [0.717, 1.165) is 38.2 Å². The number of aromatic nitrogens is 1. The Morgan fingerprint density at radius 2 is 1.81 bits per heavy atom. The fraction of sp³-hybridized carbons (Fsp3) is 0.227. The van der Waals surface area contributed by atoms with Crippen LogP contribution in [0.4, 0.5) is 0 Å². The summed E-state index contributed by atoms with van der Waals surface area (Å²) in [6.45, 7) is 6.99. The van der Waals surface area contributed by atoms with E-state index in [2.05, 4.69) is 40.1 Å². The van der Waals surface area contributed by atoms with Crippen LogP contribution in [0.5, 0.6) is 0 Å². The normalized spacial score (nSPS) is 10.9. The number of hydrogen-bond acceptors (Lipinski definition) is 2. The van der Waals surface area contributed by atoms with Crippen LogP contribution in [-0.4, -0.2) is 17.1 Å². The van der Waals surface area contributed by atoms with Gasteiger partial charge in [0.2, 0.25) is 0 Å². The van der Waals surface area contributed by atoms with E-state index in [1.54, 1.807) is 0 Å². The van der Waals surface area contributed by atoms with Gasteiger partial charge >= 0.3 is 5.97 Å². The lowest BCUT2D eigenvalue weighted by molar-refractivity contribution is 0.0526. The van der Waals surface area contributed by atoms with Crippen molar-refractivity contribution in [1.29, 1.82) is 0 Å². The molecule has 0 bridgehead atoms. The molecule has 0 aliphatic rings. The predicted octanol–water partition coefficient (Wildman–Crippen LogP) is 6.59. The Balaban J connectivity index is 2.38. The van der Waals surface area contributed by atoms with E-state index in [-0.39, 0.29) is 5.97 Å². The molecule has 0 amide bonds. The number of ether oxygens (including phenoxy) is 1. The first-order chi connectivity index (χ1) is 13.0. The molecule has 0 unspecified atom stereocenters. The van der Waals surface area contributed by atoms with Gasteiger partial charge in [-0.3, -0.25) is 0 Å². The lowest BCUT2D eigenvalue weighted by Crippen LogP contribution is -2.08. The van der Waals surface area contributed by atoms with Crippen molar-refractivity contribution in [2.45, 2.75) is 27.3 Å². The molecule has 1 aromatic heterocycles. The van der Waals surface area contributed by atoms with E-state index >= 15 is 0 Å². The maximum Gasteiger partial charge on any atom is 0.340 e. The van der Waals surface area contributed by atoms with Crippen LogP contribution < -0.4 is 0 Å². The number of carbonyl (C=O) groups is 1. The zero-order valence-electron chi connectivity index (χ0n) is 15.6. The summed E-state index contributed by atoms with van der Waals surface area (Å²) in [6, 6.07) is 15.9. The fourth-order valence-corrected chi connectivity index (χ4v) is 4.09. The molecular formula is C22H21ClINO2. The third kappa shape index (κ3) is 3.92. The van der Waals surface area contributed by atoms with Crippen LogP contribution in [0, 0.1) is 10.5 Å². The number of benzene rings is 2. The van der Waals surface area contributed by atoms with Crippen molar-refractivity contribution in [2.75, 3.05) is 6.61 Å². The molecule has 3 rings (SSSR count). The largest absolute Gasteiger partial charge is 0.462 e. The summed E-state index contributed by atoms with van der Waals surface area (Å²) in [5.41, 5.74) is 5.49. The molecule has 5 heteroatoms. The van der Waals surface area contributed by atoms with Crippen molar-refractivity contribution >= 4 is 40.2 Å². The second-order valence-corrected chi connectivity index (χ2v) is 7.85. The molecule has 0 spiro atoms. The minimum atomic E-state index is -0.286. The van der Waals surface area contributed by atoms with Gasteiger partial charge in [-0.25, -0.2) is 4.79 Å². The van der Waals surface area contributed by atoms with Gasteiger partial charge in [-0.1, -0.05) is 35.9 Å². The van der Waals surface area contributed by atoms with Gasteiger partial charge in [-0.05, 0) is 78.8 Å². The Labute approximate surface area is 178 Å². The molecule has 0 saturated carbocycles. The van der Waals surface area contributed by atoms with Crippen LogP contribution in [0.3, 0.4) is 0 Å². The van der Waals surface area contributed by atoms with Gasteiger partial charge in [0.25, 0.3) is 0 Å². The Morgan fingerprint density at radius 1 is 1.11 bits per heavy atom. The zero-order chi connectivity index (χ0) is 19.6. The molecular weight excluding hydrogens is 473 g/mol. The van der Waals surface area contributed by atoms with Crippen LogP contribution in [-0.2, 0) is 11.3 Å². The standard InChI is InChI=1S/C22H21ClINO2/c1-4-25-14(3)19(22(26)27-5-2)20(16-7-6-8-18(24)13-16)21(25)15-9-11-17(23)12-10-15/h6-13H,4-5H2,1-3H3. The number of esters is 1. The summed E-state index contributed by atoms with van der Waals surface area (Å²) >= 11 is 8.39. The fourth-order valence-electron chi connectivity index (χ4n) is 3.42. The van der Waals surface area contributed by atoms with Gasteiger partial charge < -0.3 is 9.30 Å². The monoisotopic (exact) mass is 493 g/mol. The molecule has 27 heavy (non-hydrogen) atoms. The van der Waals surface area contributed by atoms with Gasteiger partial charge in [-0.2, -0.15) is 0 Å². The van der Waals surface area contributed by atoms with E-state index in [1.165, 1.54) is 0 Å². The van der Waals surface area contributed by atoms with E-state index in [9.17, 15) is 4.79 Å². The Hall–Kier alpha value is -1.79. The van der Waals surface area contributed by atoms with E-state index in [1.807, 2.05) is 56.3 Å². The number of halogens is 2. The van der Waals surface area contributed by atoms with Crippen molar-refractivity contribution in [3.8, 4) is 22.4 Å². The van der Waals surface area contributed by atoms with Gasteiger partial charge in [0.05, 0.1) is 17.9 Å². The zero-order valence-corrected chi connectivity index (χ0v) is 18.5. The maximum atomic E-state index is 12.9. The number of carbonyl (C=O) groups excluding carboxylic acids is 1. The first kappa shape index (κ1) is 20.0. The highest BCUT2D eigenvalue weighted by molar-refractivity contribution is 14.1. The number of nitrogens with zero attached hydrogens (tertiary/aromatic N) is 1. The lowest BCUT2D eigenvalue weighted by atomic mass is 9.97. The van der Waals surface area contributed by atoms with Crippen molar-refractivity contribution < 1.29 is 9.53 Å². The molecule has 0 N–H and O–H groups in total. The molecule has 1 heterocycles. The van der Waals surface area contributed by atoms with Crippen LogP contribution in [0.2, 0.25) is 5.02 Å². The average molecular weight is 494 g/mol. The molecule has 0 saturated heterocycles. The quantitative estimate of drug-likeness (QED) is 0.297. The van der Waals surface area contributed by atoms with Crippen LogP contribution >= 0.6 is 34.2 Å².